The van der Waals surface area contributed by atoms with Crippen molar-refractivity contribution in [3.63, 3.8) is 0 Å². The molecule has 146 valence electrons. The normalized spacial score (nSPS) is 43.0. The van der Waals surface area contributed by atoms with Crippen LogP contribution in [0.25, 0.3) is 0 Å². The summed E-state index contributed by atoms with van der Waals surface area (Å²) < 4.78 is 11.3. The topological polar surface area (TPSA) is 69.7 Å². The fraction of sp³-hybridized carbons (Fsp3) is 0.773. The lowest BCUT2D eigenvalue weighted by molar-refractivity contribution is -0.170. The zero-order chi connectivity index (χ0) is 18.5. The molecule has 0 amide bonds. The average molecular weight is 372 g/mol. The molecule has 0 aromatic rings. The molecule has 27 heavy (non-hydrogen) atoms. The van der Waals surface area contributed by atoms with Gasteiger partial charge in [0.25, 0.3) is 0 Å². The number of carbonyl (C=O) groups excluding carboxylic acids is 3. The number of hydrogen-bond acceptors (Lipinski definition) is 5. The highest BCUT2D eigenvalue weighted by Gasteiger charge is 2.69. The number of Topliss-reactive ketones (excluding diaryl/α,β-unsaturated/α-hetero) is 2. The third kappa shape index (κ3) is 2.72. The van der Waals surface area contributed by atoms with Gasteiger partial charge >= 0.3 is 5.97 Å². The van der Waals surface area contributed by atoms with Gasteiger partial charge in [-0.25, -0.2) is 0 Å². The molecule has 4 fully saturated rings. The molecule has 0 spiro atoms. The standard InChI is InChI=1S/C22H28O5/c23-20-13-8-9-14(20)18-17(13)15-10-16(19(18)21(15)24)22(25)27-11-26-12-6-4-2-1-3-5-7-12/h8-9,12-19H,1-7,10-11H2. The Hall–Kier alpha value is -1.49. The van der Waals surface area contributed by atoms with Crippen molar-refractivity contribution in [3.8, 4) is 0 Å². The molecule has 7 unspecified atom stereocenters. The lowest BCUT2D eigenvalue weighted by Gasteiger charge is -2.33. The summed E-state index contributed by atoms with van der Waals surface area (Å²) in [5.41, 5.74) is 0. The first kappa shape index (κ1) is 17.6. The molecular formula is C22H28O5. The van der Waals surface area contributed by atoms with Crippen molar-refractivity contribution in [3.05, 3.63) is 12.2 Å². The highest BCUT2D eigenvalue weighted by Crippen LogP contribution is 2.64. The van der Waals surface area contributed by atoms with Gasteiger partial charge in [0, 0.05) is 23.7 Å². The number of ketones is 2. The van der Waals surface area contributed by atoms with Crippen molar-refractivity contribution in [2.75, 3.05) is 6.79 Å². The molecule has 5 nitrogen and oxygen atoms in total. The van der Waals surface area contributed by atoms with Gasteiger partial charge in [-0.2, -0.15) is 0 Å². The Bertz CT molecular complexity index is 674. The van der Waals surface area contributed by atoms with Crippen molar-refractivity contribution < 1.29 is 23.9 Å². The first-order valence-corrected chi connectivity index (χ1v) is 10.7. The summed E-state index contributed by atoms with van der Waals surface area (Å²) >= 11 is 0. The van der Waals surface area contributed by atoms with Crippen LogP contribution in [0.4, 0.5) is 0 Å². The third-order valence-electron chi connectivity index (χ3n) is 7.83. The Morgan fingerprint density at radius 3 is 2.33 bits per heavy atom. The van der Waals surface area contributed by atoms with Crippen LogP contribution < -0.4 is 0 Å². The average Bonchev–Trinajstić information content (AvgIpc) is 3.33. The molecule has 0 aliphatic heterocycles. The zero-order valence-corrected chi connectivity index (χ0v) is 15.7. The molecule has 5 aliphatic carbocycles. The number of esters is 1. The van der Waals surface area contributed by atoms with Gasteiger partial charge in [-0.1, -0.05) is 44.3 Å². The van der Waals surface area contributed by atoms with Gasteiger partial charge < -0.3 is 9.47 Å². The van der Waals surface area contributed by atoms with Gasteiger partial charge in [-0.15, -0.1) is 0 Å². The first-order chi connectivity index (χ1) is 13.2. The minimum absolute atomic E-state index is 0.00937. The smallest absolute Gasteiger partial charge is 0.311 e. The highest BCUT2D eigenvalue weighted by atomic mass is 16.7. The van der Waals surface area contributed by atoms with Gasteiger partial charge in [0.05, 0.1) is 12.0 Å². The maximum Gasteiger partial charge on any atom is 0.311 e. The fourth-order valence-corrected chi connectivity index (χ4v) is 6.66. The Morgan fingerprint density at radius 1 is 0.926 bits per heavy atom. The van der Waals surface area contributed by atoms with Crippen LogP contribution in [0.3, 0.4) is 0 Å². The summed E-state index contributed by atoms with van der Waals surface area (Å²) in [7, 11) is 0. The number of rotatable bonds is 4. The van der Waals surface area contributed by atoms with Crippen molar-refractivity contribution in [2.24, 2.45) is 41.4 Å². The Morgan fingerprint density at radius 2 is 1.59 bits per heavy atom. The maximum absolute atomic E-state index is 12.7. The van der Waals surface area contributed by atoms with Crippen LogP contribution in [-0.2, 0) is 23.9 Å². The largest absolute Gasteiger partial charge is 0.438 e. The highest BCUT2D eigenvalue weighted by molar-refractivity contribution is 6.01. The first-order valence-electron chi connectivity index (χ1n) is 10.7. The molecular weight excluding hydrogens is 344 g/mol. The molecule has 0 N–H and O–H groups in total. The molecule has 0 aromatic heterocycles. The van der Waals surface area contributed by atoms with Gasteiger partial charge in [0.15, 0.2) is 6.79 Å². The van der Waals surface area contributed by atoms with E-state index >= 15 is 0 Å². The third-order valence-corrected chi connectivity index (χ3v) is 7.83. The quantitative estimate of drug-likeness (QED) is 0.328. The predicted molar refractivity (Wildman–Crippen MR) is 96.4 cm³/mol. The number of ether oxygens (including phenoxy) is 2. The van der Waals surface area contributed by atoms with Crippen molar-refractivity contribution in [1.82, 2.24) is 0 Å². The lowest BCUT2D eigenvalue weighted by atomic mass is 9.69. The van der Waals surface area contributed by atoms with E-state index < -0.39 is 0 Å². The van der Waals surface area contributed by atoms with Crippen molar-refractivity contribution in [2.45, 2.75) is 57.5 Å². The van der Waals surface area contributed by atoms with E-state index in [1.807, 2.05) is 12.2 Å². The van der Waals surface area contributed by atoms with Crippen LogP contribution in [0.2, 0.25) is 0 Å². The van der Waals surface area contributed by atoms with E-state index in [-0.39, 0.29) is 71.9 Å². The van der Waals surface area contributed by atoms with Gasteiger partial charge in [0.2, 0.25) is 0 Å². The molecule has 4 saturated carbocycles. The van der Waals surface area contributed by atoms with Crippen LogP contribution in [0.15, 0.2) is 12.2 Å². The summed E-state index contributed by atoms with van der Waals surface area (Å²) in [6.45, 7) is -0.00937. The second kappa shape index (κ2) is 6.84. The number of fused-ring (bicyclic) bond motifs is 9. The van der Waals surface area contributed by atoms with E-state index in [1.165, 1.54) is 32.1 Å². The van der Waals surface area contributed by atoms with Crippen molar-refractivity contribution in [1.29, 1.82) is 0 Å². The molecule has 7 atom stereocenters. The summed E-state index contributed by atoms with van der Waals surface area (Å²) in [5.74, 6) is -0.758. The molecule has 5 heteroatoms. The monoisotopic (exact) mass is 372 g/mol. The minimum Gasteiger partial charge on any atom is -0.438 e. The lowest BCUT2D eigenvalue weighted by Crippen LogP contribution is -2.36. The number of allylic oxidation sites excluding steroid dienone is 2. The summed E-state index contributed by atoms with van der Waals surface area (Å²) in [6, 6.07) is 0. The number of carbonyl (C=O) groups is 3. The molecule has 5 rings (SSSR count). The van der Waals surface area contributed by atoms with E-state index in [9.17, 15) is 14.4 Å². The summed E-state index contributed by atoms with van der Waals surface area (Å²) in [4.78, 5) is 37.8. The van der Waals surface area contributed by atoms with Crippen LogP contribution in [0.1, 0.15) is 51.4 Å². The summed E-state index contributed by atoms with van der Waals surface area (Å²) in [6.07, 6.45) is 12.9. The fourth-order valence-electron chi connectivity index (χ4n) is 6.66. The van der Waals surface area contributed by atoms with E-state index in [0.717, 1.165) is 12.8 Å². The predicted octanol–water partition coefficient (Wildman–Crippen LogP) is 3.07. The maximum atomic E-state index is 12.7. The molecule has 0 heterocycles. The Labute approximate surface area is 159 Å². The van der Waals surface area contributed by atoms with Gasteiger partial charge in [0.1, 0.15) is 11.6 Å². The van der Waals surface area contributed by atoms with Crippen molar-refractivity contribution >= 4 is 17.5 Å². The Balaban J connectivity index is 1.18. The molecule has 4 bridgehead atoms. The molecule has 0 radical (unpaired) electrons. The zero-order valence-electron chi connectivity index (χ0n) is 15.7. The van der Waals surface area contributed by atoms with E-state index in [1.54, 1.807) is 0 Å². The molecule has 0 saturated heterocycles. The van der Waals surface area contributed by atoms with E-state index in [2.05, 4.69) is 0 Å². The van der Waals surface area contributed by atoms with Crippen LogP contribution >= 0.6 is 0 Å². The molecule has 0 aromatic carbocycles. The number of hydrogen-bond donors (Lipinski definition) is 0. The van der Waals surface area contributed by atoms with Crippen LogP contribution in [-0.4, -0.2) is 30.4 Å². The van der Waals surface area contributed by atoms with Gasteiger partial charge in [-0.05, 0) is 31.1 Å². The van der Waals surface area contributed by atoms with Gasteiger partial charge in [-0.3, -0.25) is 14.4 Å². The summed E-state index contributed by atoms with van der Waals surface area (Å²) in [5, 5.41) is 0. The molecule has 5 aliphatic rings. The Kier molecular flexibility index (Phi) is 4.46. The minimum atomic E-state index is -0.384. The SMILES string of the molecule is O=C1C2C=CC1C1C3C(=O)C(CC3C(=O)OCOC3CCCCCCC3)C21. The van der Waals surface area contributed by atoms with E-state index in [0.29, 0.717) is 6.42 Å². The second-order valence-electron chi connectivity index (χ2n) is 9.09. The van der Waals surface area contributed by atoms with Crippen LogP contribution in [0, 0.1) is 41.4 Å². The second-order valence-corrected chi connectivity index (χ2v) is 9.09. The van der Waals surface area contributed by atoms with E-state index in [4.69, 9.17) is 9.47 Å². The van der Waals surface area contributed by atoms with Crippen LogP contribution in [0.5, 0.6) is 0 Å².